The summed E-state index contributed by atoms with van der Waals surface area (Å²) in [6.07, 6.45) is 5.13. The lowest BCUT2D eigenvalue weighted by molar-refractivity contribution is 0.475. The highest BCUT2D eigenvalue weighted by Crippen LogP contribution is 2.38. The Morgan fingerprint density at radius 1 is 0.950 bits per heavy atom. The maximum atomic E-state index is 3.74. The second-order valence-corrected chi connectivity index (χ2v) is 6.68. The van der Waals surface area contributed by atoms with E-state index in [-0.39, 0.29) is 0 Å². The van der Waals surface area contributed by atoms with Crippen molar-refractivity contribution >= 4 is 16.9 Å². The third-order valence-electron chi connectivity index (χ3n) is 4.55. The van der Waals surface area contributed by atoms with Crippen molar-refractivity contribution in [2.75, 3.05) is 0 Å². The van der Waals surface area contributed by atoms with Gasteiger partial charge in [-0.15, -0.1) is 0 Å². The minimum Gasteiger partial charge on any atom is -0.311 e. The Kier molecular flexibility index (Phi) is 3.21. The highest BCUT2D eigenvalue weighted by Gasteiger charge is 2.31. The predicted molar refractivity (Wildman–Crippen MR) is 86.0 cm³/mol. The summed E-state index contributed by atoms with van der Waals surface area (Å²) >= 11 is 1.79. The third-order valence-corrected chi connectivity index (χ3v) is 5.23. The van der Waals surface area contributed by atoms with Crippen LogP contribution in [0.2, 0.25) is 0 Å². The summed E-state index contributed by atoms with van der Waals surface area (Å²) < 4.78 is 0. The van der Waals surface area contributed by atoms with E-state index in [0.717, 1.165) is 0 Å². The number of piperidine rings is 1. The molecule has 1 nitrogen and oxygen atoms in total. The van der Waals surface area contributed by atoms with Gasteiger partial charge < -0.3 is 5.32 Å². The van der Waals surface area contributed by atoms with E-state index in [1.54, 1.807) is 16.9 Å². The molecule has 2 heteroatoms. The Morgan fingerprint density at radius 3 is 2.35 bits per heavy atom. The fourth-order valence-corrected chi connectivity index (χ4v) is 4.34. The van der Waals surface area contributed by atoms with Crippen LogP contribution in [0.5, 0.6) is 0 Å². The zero-order valence-corrected chi connectivity index (χ0v) is 12.3. The summed E-state index contributed by atoms with van der Waals surface area (Å²) in [5.41, 5.74) is 5.92. The normalized spacial score (nSPS) is 24.9. The van der Waals surface area contributed by atoms with Crippen LogP contribution < -0.4 is 5.32 Å². The van der Waals surface area contributed by atoms with Crippen LogP contribution in [0.25, 0.3) is 5.57 Å². The highest BCUT2D eigenvalue weighted by molar-refractivity contribution is 7.08. The monoisotopic (exact) mass is 281 g/mol. The first-order valence-corrected chi connectivity index (χ1v) is 8.40. The van der Waals surface area contributed by atoms with Gasteiger partial charge in [0.05, 0.1) is 0 Å². The molecule has 2 bridgehead atoms. The van der Waals surface area contributed by atoms with Gasteiger partial charge in [0, 0.05) is 12.1 Å². The van der Waals surface area contributed by atoms with Crippen molar-refractivity contribution in [1.82, 2.24) is 5.32 Å². The minimum absolute atomic E-state index is 0.709. The van der Waals surface area contributed by atoms with Crippen LogP contribution in [-0.4, -0.2) is 12.1 Å². The molecule has 3 heterocycles. The SMILES string of the molecule is c1ccc(C(=C2CC3CCC(C2)N3)c2ccsc2)cc1. The van der Waals surface area contributed by atoms with Gasteiger partial charge in [0.2, 0.25) is 0 Å². The van der Waals surface area contributed by atoms with Crippen LogP contribution in [0.3, 0.4) is 0 Å². The lowest BCUT2D eigenvalue weighted by Crippen LogP contribution is -2.35. The van der Waals surface area contributed by atoms with Gasteiger partial charge >= 0.3 is 0 Å². The lowest BCUT2D eigenvalue weighted by atomic mass is 9.87. The number of thiophene rings is 1. The third kappa shape index (κ3) is 2.23. The molecule has 102 valence electrons. The molecule has 0 amide bonds. The second-order valence-electron chi connectivity index (χ2n) is 5.90. The Bertz CT molecular complexity index is 598. The molecule has 0 aliphatic carbocycles. The van der Waals surface area contributed by atoms with E-state index in [1.807, 2.05) is 0 Å². The van der Waals surface area contributed by atoms with Crippen LogP contribution in [0.4, 0.5) is 0 Å². The van der Waals surface area contributed by atoms with Gasteiger partial charge in [-0.3, -0.25) is 0 Å². The van der Waals surface area contributed by atoms with Crippen molar-refractivity contribution in [3.8, 4) is 0 Å². The van der Waals surface area contributed by atoms with Gasteiger partial charge in [-0.1, -0.05) is 35.9 Å². The number of hydrogen-bond acceptors (Lipinski definition) is 2. The van der Waals surface area contributed by atoms with E-state index in [4.69, 9.17) is 0 Å². The summed E-state index contributed by atoms with van der Waals surface area (Å²) in [5, 5.41) is 8.22. The summed E-state index contributed by atoms with van der Waals surface area (Å²) in [4.78, 5) is 0. The minimum atomic E-state index is 0.709. The first kappa shape index (κ1) is 12.4. The molecule has 2 atom stereocenters. The van der Waals surface area contributed by atoms with E-state index in [1.165, 1.54) is 42.4 Å². The molecule has 4 rings (SSSR count). The molecule has 0 spiro atoms. The van der Waals surface area contributed by atoms with Crippen LogP contribution in [0.1, 0.15) is 36.8 Å². The predicted octanol–water partition coefficient (Wildman–Crippen LogP) is 4.46. The highest BCUT2D eigenvalue weighted by atomic mass is 32.1. The largest absolute Gasteiger partial charge is 0.311 e. The first-order valence-electron chi connectivity index (χ1n) is 7.46. The summed E-state index contributed by atoms with van der Waals surface area (Å²) in [7, 11) is 0. The molecule has 2 aliphatic rings. The number of rotatable bonds is 2. The Morgan fingerprint density at radius 2 is 1.70 bits per heavy atom. The van der Waals surface area contributed by atoms with Gasteiger partial charge in [-0.2, -0.15) is 11.3 Å². The van der Waals surface area contributed by atoms with Gasteiger partial charge in [0.1, 0.15) is 0 Å². The summed E-state index contributed by atoms with van der Waals surface area (Å²) in [6.45, 7) is 0. The van der Waals surface area contributed by atoms with Crippen molar-refractivity contribution in [2.45, 2.75) is 37.8 Å². The van der Waals surface area contributed by atoms with Crippen molar-refractivity contribution in [2.24, 2.45) is 0 Å². The quantitative estimate of drug-likeness (QED) is 0.856. The van der Waals surface area contributed by atoms with E-state index in [9.17, 15) is 0 Å². The van der Waals surface area contributed by atoms with Crippen molar-refractivity contribution in [1.29, 1.82) is 0 Å². The standard InChI is InChI=1S/C18H19NS/c1-2-4-13(5-3-1)18(14-8-9-20-12-14)15-10-16-6-7-17(11-15)19-16/h1-5,8-9,12,16-17,19H,6-7,10-11H2. The Balaban J connectivity index is 1.83. The molecule has 1 N–H and O–H groups in total. The van der Waals surface area contributed by atoms with Crippen molar-refractivity contribution in [3.63, 3.8) is 0 Å². The molecule has 0 saturated carbocycles. The lowest BCUT2D eigenvalue weighted by Gasteiger charge is -2.26. The molecular formula is C18H19NS. The topological polar surface area (TPSA) is 12.0 Å². The van der Waals surface area contributed by atoms with Crippen molar-refractivity contribution in [3.05, 3.63) is 63.9 Å². The van der Waals surface area contributed by atoms with Crippen LogP contribution in [-0.2, 0) is 0 Å². The fraction of sp³-hybridized carbons (Fsp3) is 0.333. The maximum absolute atomic E-state index is 3.74. The van der Waals surface area contributed by atoms with Gasteiger partial charge in [0.25, 0.3) is 0 Å². The van der Waals surface area contributed by atoms with Gasteiger partial charge in [-0.25, -0.2) is 0 Å². The molecule has 2 saturated heterocycles. The van der Waals surface area contributed by atoms with E-state index < -0.39 is 0 Å². The zero-order chi connectivity index (χ0) is 13.4. The first-order chi connectivity index (χ1) is 9.90. The molecule has 2 aromatic rings. The average molecular weight is 281 g/mol. The molecule has 1 aromatic heterocycles. The van der Waals surface area contributed by atoms with Crippen LogP contribution in [0.15, 0.2) is 52.7 Å². The molecule has 20 heavy (non-hydrogen) atoms. The molecular weight excluding hydrogens is 262 g/mol. The Labute approximate surface area is 124 Å². The van der Waals surface area contributed by atoms with Crippen LogP contribution >= 0.6 is 11.3 Å². The molecule has 1 aromatic carbocycles. The van der Waals surface area contributed by atoms with Gasteiger partial charge in [0.15, 0.2) is 0 Å². The number of benzene rings is 1. The van der Waals surface area contributed by atoms with E-state index in [0.29, 0.717) is 12.1 Å². The van der Waals surface area contributed by atoms with E-state index in [2.05, 4.69) is 52.5 Å². The molecule has 0 radical (unpaired) electrons. The molecule has 2 unspecified atom stereocenters. The smallest absolute Gasteiger partial charge is 0.0108 e. The number of nitrogens with one attached hydrogen (secondary N) is 1. The Hall–Kier alpha value is -1.38. The summed E-state index contributed by atoms with van der Waals surface area (Å²) in [5.74, 6) is 0. The summed E-state index contributed by atoms with van der Waals surface area (Å²) in [6, 6.07) is 14.6. The zero-order valence-electron chi connectivity index (χ0n) is 11.5. The fourth-order valence-electron chi connectivity index (χ4n) is 3.69. The number of fused-ring (bicyclic) bond motifs is 2. The van der Waals surface area contributed by atoms with Crippen LogP contribution in [0, 0.1) is 0 Å². The molecule has 2 aliphatic heterocycles. The maximum Gasteiger partial charge on any atom is 0.0108 e. The van der Waals surface area contributed by atoms with Crippen molar-refractivity contribution < 1.29 is 0 Å². The van der Waals surface area contributed by atoms with Gasteiger partial charge in [-0.05, 0) is 59.2 Å². The molecule has 2 fully saturated rings. The van der Waals surface area contributed by atoms with E-state index >= 15 is 0 Å². The number of hydrogen-bond donors (Lipinski definition) is 1. The second kappa shape index (κ2) is 5.19. The average Bonchev–Trinajstić information content (AvgIpc) is 3.11.